The number of hydrogen-bond donors (Lipinski definition) is 1. The molecule has 0 bridgehead atoms. The van der Waals surface area contributed by atoms with Crippen LogP contribution in [0.1, 0.15) is 22.3 Å². The number of benzene rings is 2. The molecule has 4 aromatic rings. The van der Waals surface area contributed by atoms with E-state index in [1.807, 2.05) is 65.3 Å². The van der Waals surface area contributed by atoms with Crippen molar-refractivity contribution >= 4 is 28.7 Å². The van der Waals surface area contributed by atoms with Gasteiger partial charge in [-0.2, -0.15) is 22.1 Å². The highest BCUT2D eigenvalue weighted by atomic mass is 32.2. The summed E-state index contributed by atoms with van der Waals surface area (Å²) in [6.45, 7) is 0.551. The first-order chi connectivity index (χ1) is 15.7. The number of thioether (sulfide) groups is 1. The molecule has 1 atom stereocenters. The first-order valence-electron chi connectivity index (χ1n) is 10.4. The van der Waals surface area contributed by atoms with E-state index >= 15 is 0 Å². The molecule has 3 heterocycles. The van der Waals surface area contributed by atoms with Gasteiger partial charge in [-0.3, -0.25) is 4.79 Å². The highest BCUT2D eigenvalue weighted by Gasteiger charge is 2.36. The van der Waals surface area contributed by atoms with Crippen molar-refractivity contribution in [2.75, 3.05) is 11.5 Å². The fraction of sp³-hybridized carbons (Fsp3) is 0.200. The largest absolute Gasteiger partial charge is 0.333 e. The van der Waals surface area contributed by atoms with Crippen molar-refractivity contribution in [3.8, 4) is 17.3 Å². The van der Waals surface area contributed by atoms with Crippen LogP contribution in [-0.4, -0.2) is 37.7 Å². The summed E-state index contributed by atoms with van der Waals surface area (Å²) in [6.07, 6.45) is 2.34. The SMILES string of the molecule is N#CC1(NC(=O)c2cc(-c3ccccc3)nc3c2cnn3Cc2ccccc2)CCSC1. The molecule has 0 radical (unpaired) electrons. The van der Waals surface area contributed by atoms with Crippen LogP contribution < -0.4 is 5.32 Å². The lowest BCUT2D eigenvalue weighted by Crippen LogP contribution is -2.47. The van der Waals surface area contributed by atoms with Crippen molar-refractivity contribution in [3.05, 3.63) is 84.1 Å². The predicted molar refractivity (Wildman–Crippen MR) is 126 cm³/mol. The van der Waals surface area contributed by atoms with Gasteiger partial charge in [-0.15, -0.1) is 0 Å². The molecule has 158 valence electrons. The van der Waals surface area contributed by atoms with Gasteiger partial charge in [-0.05, 0) is 23.8 Å². The van der Waals surface area contributed by atoms with Crippen LogP contribution in [0.15, 0.2) is 72.9 Å². The Bertz CT molecular complexity index is 1300. The van der Waals surface area contributed by atoms with Gasteiger partial charge in [0.15, 0.2) is 5.65 Å². The number of nitrogens with one attached hydrogen (secondary N) is 1. The molecule has 5 rings (SSSR count). The van der Waals surface area contributed by atoms with E-state index in [0.717, 1.165) is 16.9 Å². The van der Waals surface area contributed by atoms with Crippen LogP contribution in [0.3, 0.4) is 0 Å². The van der Waals surface area contributed by atoms with Crippen molar-refractivity contribution in [2.45, 2.75) is 18.5 Å². The molecule has 32 heavy (non-hydrogen) atoms. The first kappa shape index (κ1) is 20.3. The van der Waals surface area contributed by atoms with Crippen LogP contribution in [-0.2, 0) is 6.54 Å². The summed E-state index contributed by atoms with van der Waals surface area (Å²) in [5.41, 5.74) is 3.02. The molecule has 1 aliphatic rings. The Hall–Kier alpha value is -3.63. The van der Waals surface area contributed by atoms with E-state index in [2.05, 4.69) is 16.5 Å². The molecule has 1 aliphatic heterocycles. The van der Waals surface area contributed by atoms with E-state index in [1.54, 1.807) is 24.0 Å². The molecule has 1 amide bonds. The lowest BCUT2D eigenvalue weighted by molar-refractivity contribution is 0.0928. The van der Waals surface area contributed by atoms with Crippen molar-refractivity contribution in [3.63, 3.8) is 0 Å². The smallest absolute Gasteiger partial charge is 0.253 e. The van der Waals surface area contributed by atoms with E-state index < -0.39 is 5.54 Å². The Morgan fingerprint density at radius 1 is 1.16 bits per heavy atom. The van der Waals surface area contributed by atoms with Crippen LogP contribution >= 0.6 is 11.8 Å². The van der Waals surface area contributed by atoms with E-state index in [9.17, 15) is 10.1 Å². The minimum absolute atomic E-state index is 0.266. The average Bonchev–Trinajstić information content (AvgIpc) is 3.47. The zero-order valence-electron chi connectivity index (χ0n) is 17.4. The molecule has 0 saturated carbocycles. The second-order valence-electron chi connectivity index (χ2n) is 7.90. The van der Waals surface area contributed by atoms with Gasteiger partial charge in [0.05, 0.1) is 35.5 Å². The van der Waals surface area contributed by atoms with Crippen LogP contribution in [0.4, 0.5) is 0 Å². The molecule has 7 heteroatoms. The second-order valence-corrected chi connectivity index (χ2v) is 9.00. The van der Waals surface area contributed by atoms with Crippen molar-refractivity contribution < 1.29 is 4.79 Å². The Kier molecular flexibility index (Phi) is 5.38. The molecule has 1 N–H and O–H groups in total. The molecular weight excluding hydrogens is 418 g/mol. The number of carbonyl (C=O) groups is 1. The topological polar surface area (TPSA) is 83.6 Å². The molecule has 1 fully saturated rings. The van der Waals surface area contributed by atoms with Gasteiger partial charge in [0.1, 0.15) is 5.54 Å². The summed E-state index contributed by atoms with van der Waals surface area (Å²) in [5.74, 6) is 1.20. The van der Waals surface area contributed by atoms with Gasteiger partial charge >= 0.3 is 0 Å². The average molecular weight is 440 g/mol. The van der Waals surface area contributed by atoms with E-state index in [-0.39, 0.29) is 5.91 Å². The summed E-state index contributed by atoms with van der Waals surface area (Å²) >= 11 is 1.69. The summed E-state index contributed by atoms with van der Waals surface area (Å²) in [7, 11) is 0. The fourth-order valence-electron chi connectivity index (χ4n) is 3.93. The molecule has 1 unspecified atom stereocenters. The van der Waals surface area contributed by atoms with Crippen molar-refractivity contribution in [1.29, 1.82) is 5.26 Å². The van der Waals surface area contributed by atoms with E-state index in [4.69, 9.17) is 4.98 Å². The van der Waals surface area contributed by atoms with Gasteiger partial charge in [-0.1, -0.05) is 60.7 Å². The lowest BCUT2D eigenvalue weighted by atomic mass is 9.99. The Labute approximate surface area is 190 Å². The van der Waals surface area contributed by atoms with Crippen LogP contribution in [0.25, 0.3) is 22.3 Å². The number of fused-ring (bicyclic) bond motifs is 1. The number of nitriles is 1. The van der Waals surface area contributed by atoms with Crippen molar-refractivity contribution in [2.24, 2.45) is 0 Å². The Morgan fingerprint density at radius 2 is 1.91 bits per heavy atom. The number of pyridine rings is 1. The number of aromatic nitrogens is 3. The molecule has 2 aromatic heterocycles. The minimum Gasteiger partial charge on any atom is -0.333 e. The highest BCUT2D eigenvalue weighted by molar-refractivity contribution is 7.99. The van der Waals surface area contributed by atoms with Gasteiger partial charge in [0, 0.05) is 11.3 Å². The quantitative estimate of drug-likeness (QED) is 0.502. The zero-order valence-corrected chi connectivity index (χ0v) is 18.2. The third-order valence-electron chi connectivity index (χ3n) is 5.69. The third-order valence-corrected chi connectivity index (χ3v) is 6.88. The first-order valence-corrected chi connectivity index (χ1v) is 11.6. The number of hydrogen-bond acceptors (Lipinski definition) is 5. The summed E-state index contributed by atoms with van der Waals surface area (Å²) in [5, 5.41) is 17.9. The minimum atomic E-state index is -0.829. The molecule has 0 aliphatic carbocycles. The fourth-order valence-corrected chi connectivity index (χ4v) is 5.20. The highest BCUT2D eigenvalue weighted by Crippen LogP contribution is 2.30. The molecule has 1 saturated heterocycles. The summed E-state index contributed by atoms with van der Waals surface area (Å²) in [6, 6.07) is 23.9. The molecule has 6 nitrogen and oxygen atoms in total. The van der Waals surface area contributed by atoms with Gasteiger partial charge < -0.3 is 5.32 Å². The number of amides is 1. The summed E-state index contributed by atoms with van der Waals surface area (Å²) in [4.78, 5) is 18.3. The third kappa shape index (κ3) is 3.85. The van der Waals surface area contributed by atoms with Gasteiger partial charge in [0.2, 0.25) is 0 Å². The van der Waals surface area contributed by atoms with Crippen LogP contribution in [0.2, 0.25) is 0 Å². The van der Waals surface area contributed by atoms with Crippen LogP contribution in [0.5, 0.6) is 0 Å². The molecular formula is C25H21N5OS. The standard InChI is InChI=1S/C25H21N5OS/c26-16-25(11-12-32-17-25)29-24(31)20-13-22(19-9-5-2-6-10-19)28-23-21(20)14-27-30(23)15-18-7-3-1-4-8-18/h1-10,13-14H,11-12,15,17H2,(H,29,31). The zero-order chi connectivity index (χ0) is 22.0. The van der Waals surface area contributed by atoms with Gasteiger partial charge in [0.25, 0.3) is 5.91 Å². The lowest BCUT2D eigenvalue weighted by Gasteiger charge is -2.21. The maximum atomic E-state index is 13.4. The second kappa shape index (κ2) is 8.48. The number of rotatable bonds is 5. The molecule has 2 aromatic carbocycles. The van der Waals surface area contributed by atoms with E-state index in [0.29, 0.717) is 41.0 Å². The molecule has 0 spiro atoms. The number of carbonyl (C=O) groups excluding carboxylic acids is 1. The van der Waals surface area contributed by atoms with Crippen LogP contribution in [0, 0.1) is 11.3 Å². The summed E-state index contributed by atoms with van der Waals surface area (Å²) < 4.78 is 1.82. The Morgan fingerprint density at radius 3 is 2.59 bits per heavy atom. The predicted octanol–water partition coefficient (Wildman–Crippen LogP) is 4.28. The monoisotopic (exact) mass is 439 g/mol. The normalized spacial score (nSPS) is 17.8. The maximum absolute atomic E-state index is 13.4. The Balaban J connectivity index is 1.61. The maximum Gasteiger partial charge on any atom is 0.253 e. The number of nitrogens with zero attached hydrogens (tertiary/aromatic N) is 4. The van der Waals surface area contributed by atoms with Crippen molar-refractivity contribution in [1.82, 2.24) is 20.1 Å². The van der Waals surface area contributed by atoms with E-state index in [1.165, 1.54) is 0 Å². The van der Waals surface area contributed by atoms with Gasteiger partial charge in [-0.25, -0.2) is 9.67 Å².